The zero-order valence-corrected chi connectivity index (χ0v) is 11.9. The number of nitrogens with one attached hydrogen (secondary N) is 2. The zero-order chi connectivity index (χ0) is 14.1. The van der Waals surface area contributed by atoms with E-state index in [1.54, 1.807) is 12.1 Å². The topological polar surface area (TPSA) is 27.8 Å². The Morgan fingerprint density at radius 1 is 1.15 bits per heavy atom. The third-order valence-corrected chi connectivity index (χ3v) is 3.70. The Morgan fingerprint density at radius 2 is 2.00 bits per heavy atom. The third-order valence-electron chi connectivity index (χ3n) is 3.15. The molecule has 0 saturated heterocycles. The lowest BCUT2D eigenvalue weighted by atomic mass is 10.1. The van der Waals surface area contributed by atoms with Crippen LogP contribution in [0.2, 0.25) is 10.0 Å². The lowest BCUT2D eigenvalue weighted by molar-refractivity contribution is 0.630. The fourth-order valence-corrected chi connectivity index (χ4v) is 2.56. The van der Waals surface area contributed by atoms with Gasteiger partial charge in [0.15, 0.2) is 0 Å². The molecule has 5 heteroatoms. The van der Waals surface area contributed by atoms with Crippen molar-refractivity contribution in [2.75, 3.05) is 5.32 Å². The minimum Gasteiger partial charge on any atom is -0.377 e. The summed E-state index contributed by atoms with van der Waals surface area (Å²) >= 11 is 11.9. The first-order valence-corrected chi connectivity index (χ1v) is 6.84. The Bertz CT molecular complexity index is 747. The lowest BCUT2D eigenvalue weighted by Gasteiger charge is -2.08. The number of anilines is 1. The van der Waals surface area contributed by atoms with E-state index in [1.165, 1.54) is 6.07 Å². The van der Waals surface area contributed by atoms with Crippen molar-refractivity contribution in [1.29, 1.82) is 0 Å². The van der Waals surface area contributed by atoms with Crippen LogP contribution in [0.15, 0.2) is 42.6 Å². The Balaban J connectivity index is 1.87. The summed E-state index contributed by atoms with van der Waals surface area (Å²) in [6.45, 7) is 0.474. The van der Waals surface area contributed by atoms with Gasteiger partial charge in [-0.05, 0) is 29.8 Å². The number of hydrogen-bond acceptors (Lipinski definition) is 1. The smallest absolute Gasteiger partial charge is 0.147 e. The molecular weight excluding hydrogens is 298 g/mol. The van der Waals surface area contributed by atoms with Crippen LogP contribution >= 0.6 is 23.2 Å². The standard InChI is InChI=1S/C15H11Cl2FN2/c16-10-4-5-11-9(7-19-14(11)6-10)8-20-15-12(17)2-1-3-13(15)18/h1-7,19-20H,8H2. The van der Waals surface area contributed by atoms with Crippen LogP contribution in [0.5, 0.6) is 0 Å². The van der Waals surface area contributed by atoms with E-state index in [9.17, 15) is 4.39 Å². The van der Waals surface area contributed by atoms with Crippen molar-refractivity contribution in [2.45, 2.75) is 6.54 Å². The van der Waals surface area contributed by atoms with Crippen LogP contribution in [-0.4, -0.2) is 4.98 Å². The summed E-state index contributed by atoms with van der Waals surface area (Å²) in [5.74, 6) is -0.361. The molecule has 0 fully saturated rings. The molecule has 2 N–H and O–H groups in total. The fourth-order valence-electron chi connectivity index (χ4n) is 2.16. The van der Waals surface area contributed by atoms with Crippen LogP contribution in [0.4, 0.5) is 10.1 Å². The van der Waals surface area contributed by atoms with Gasteiger partial charge in [0.2, 0.25) is 0 Å². The van der Waals surface area contributed by atoms with Crippen molar-refractivity contribution in [2.24, 2.45) is 0 Å². The first kappa shape index (κ1) is 13.3. The van der Waals surface area contributed by atoms with Crippen LogP contribution in [0.25, 0.3) is 10.9 Å². The van der Waals surface area contributed by atoms with Crippen molar-refractivity contribution >= 4 is 39.8 Å². The van der Waals surface area contributed by atoms with E-state index in [1.807, 2.05) is 24.4 Å². The number of benzene rings is 2. The average Bonchev–Trinajstić information content (AvgIpc) is 2.80. The van der Waals surface area contributed by atoms with Gasteiger partial charge < -0.3 is 10.3 Å². The van der Waals surface area contributed by atoms with Crippen molar-refractivity contribution in [3.8, 4) is 0 Å². The number of hydrogen-bond donors (Lipinski definition) is 2. The second-order valence-electron chi connectivity index (χ2n) is 4.45. The first-order chi connectivity index (χ1) is 9.65. The van der Waals surface area contributed by atoms with Gasteiger partial charge in [0.25, 0.3) is 0 Å². The van der Waals surface area contributed by atoms with Gasteiger partial charge in [-0.15, -0.1) is 0 Å². The fraction of sp³-hybridized carbons (Fsp3) is 0.0667. The predicted molar refractivity (Wildman–Crippen MR) is 82.0 cm³/mol. The van der Waals surface area contributed by atoms with E-state index < -0.39 is 0 Å². The van der Waals surface area contributed by atoms with E-state index in [0.717, 1.165) is 16.5 Å². The van der Waals surface area contributed by atoms with Crippen LogP contribution in [-0.2, 0) is 6.54 Å². The number of halogens is 3. The quantitative estimate of drug-likeness (QED) is 0.681. The first-order valence-electron chi connectivity index (χ1n) is 6.08. The summed E-state index contributed by atoms with van der Waals surface area (Å²) in [4.78, 5) is 3.14. The molecule has 0 amide bonds. The molecule has 3 rings (SSSR count). The van der Waals surface area contributed by atoms with E-state index in [0.29, 0.717) is 22.3 Å². The maximum atomic E-state index is 13.7. The molecule has 2 aromatic carbocycles. The highest BCUT2D eigenvalue weighted by molar-refractivity contribution is 6.33. The Morgan fingerprint density at radius 3 is 2.80 bits per heavy atom. The monoisotopic (exact) mass is 308 g/mol. The highest BCUT2D eigenvalue weighted by atomic mass is 35.5. The highest BCUT2D eigenvalue weighted by Crippen LogP contribution is 2.27. The van der Waals surface area contributed by atoms with Gasteiger partial charge in [-0.3, -0.25) is 0 Å². The SMILES string of the molecule is Fc1cccc(Cl)c1NCc1c[nH]c2cc(Cl)ccc12. The third kappa shape index (κ3) is 2.47. The predicted octanol–water partition coefficient (Wildman–Crippen LogP) is 5.23. The van der Waals surface area contributed by atoms with Crippen LogP contribution < -0.4 is 5.32 Å². The molecule has 102 valence electrons. The van der Waals surface area contributed by atoms with Crippen LogP contribution in [0.3, 0.4) is 0 Å². The van der Waals surface area contributed by atoms with Crippen LogP contribution in [0, 0.1) is 5.82 Å². The molecule has 0 aliphatic rings. The Labute approximate surface area is 125 Å². The number of fused-ring (bicyclic) bond motifs is 1. The van der Waals surface area contributed by atoms with E-state index in [-0.39, 0.29) is 5.82 Å². The molecule has 3 aromatic rings. The minimum absolute atomic E-state index is 0.317. The van der Waals surface area contributed by atoms with Gasteiger partial charge in [0.1, 0.15) is 5.82 Å². The molecule has 0 aliphatic carbocycles. The average molecular weight is 309 g/mol. The van der Waals surface area contributed by atoms with Crippen molar-refractivity contribution in [1.82, 2.24) is 4.98 Å². The molecule has 0 unspecified atom stereocenters. The molecule has 0 bridgehead atoms. The molecule has 0 radical (unpaired) electrons. The maximum absolute atomic E-state index is 13.7. The lowest BCUT2D eigenvalue weighted by Crippen LogP contribution is -2.01. The molecule has 2 nitrogen and oxygen atoms in total. The molecule has 0 spiro atoms. The molecule has 1 aromatic heterocycles. The molecule has 0 atom stereocenters. The van der Waals surface area contributed by atoms with Gasteiger partial charge in [-0.2, -0.15) is 0 Å². The van der Waals surface area contributed by atoms with Gasteiger partial charge in [0.05, 0.1) is 10.7 Å². The molecule has 0 aliphatic heterocycles. The van der Waals surface area contributed by atoms with Crippen LogP contribution in [0.1, 0.15) is 5.56 Å². The summed E-state index contributed by atoms with van der Waals surface area (Å²) in [7, 11) is 0. The molecule has 1 heterocycles. The summed E-state index contributed by atoms with van der Waals surface area (Å²) in [6.07, 6.45) is 1.88. The second-order valence-corrected chi connectivity index (χ2v) is 5.30. The van der Waals surface area contributed by atoms with Crippen molar-refractivity contribution < 1.29 is 4.39 Å². The summed E-state index contributed by atoms with van der Waals surface area (Å²) in [6, 6.07) is 10.2. The molecular formula is C15H11Cl2FN2. The van der Waals surface area contributed by atoms with Crippen molar-refractivity contribution in [3.63, 3.8) is 0 Å². The van der Waals surface area contributed by atoms with Gasteiger partial charge in [-0.25, -0.2) is 4.39 Å². The number of rotatable bonds is 3. The van der Waals surface area contributed by atoms with E-state index in [2.05, 4.69) is 10.3 Å². The van der Waals surface area contributed by atoms with E-state index >= 15 is 0 Å². The second kappa shape index (κ2) is 5.35. The minimum atomic E-state index is -0.361. The zero-order valence-electron chi connectivity index (χ0n) is 10.4. The largest absolute Gasteiger partial charge is 0.377 e. The Kier molecular flexibility index (Phi) is 3.55. The summed E-state index contributed by atoms with van der Waals surface area (Å²) in [5.41, 5.74) is 2.29. The van der Waals surface area contributed by atoms with Gasteiger partial charge in [-0.1, -0.05) is 35.3 Å². The number of aromatic amines is 1. The van der Waals surface area contributed by atoms with Gasteiger partial charge >= 0.3 is 0 Å². The van der Waals surface area contributed by atoms with E-state index in [4.69, 9.17) is 23.2 Å². The number of aromatic nitrogens is 1. The van der Waals surface area contributed by atoms with Crippen molar-refractivity contribution in [3.05, 3.63) is 64.0 Å². The number of para-hydroxylation sites is 1. The van der Waals surface area contributed by atoms with Gasteiger partial charge in [0, 0.05) is 28.7 Å². The Hall–Kier alpha value is -1.71. The normalized spacial score (nSPS) is 10.9. The summed E-state index contributed by atoms with van der Waals surface area (Å²) < 4.78 is 13.7. The highest BCUT2D eigenvalue weighted by Gasteiger charge is 2.08. The maximum Gasteiger partial charge on any atom is 0.147 e. The summed E-state index contributed by atoms with van der Waals surface area (Å²) in [5, 5.41) is 5.13. The number of H-pyrrole nitrogens is 1. The molecule has 20 heavy (non-hydrogen) atoms. The molecule has 0 saturated carbocycles.